The van der Waals surface area contributed by atoms with Crippen LogP contribution in [0.2, 0.25) is 0 Å². The fourth-order valence-electron chi connectivity index (χ4n) is 3.48. The van der Waals surface area contributed by atoms with Crippen molar-refractivity contribution in [2.24, 2.45) is 0 Å². The standard InChI is InChI=1S/C23H24N4OS/c1-16-19-14-21(29-23(19)27(25-16)18-12-8-5-9-13-18)22(28)24-20(15-26(2)3)17-10-6-4-7-11-17/h4-14,20H,15H2,1-3H3,(H,24,28)/p+1/t20-/m0/s1. The lowest BCUT2D eigenvalue weighted by molar-refractivity contribution is -0.860. The second-order valence-electron chi connectivity index (χ2n) is 7.51. The molecule has 4 rings (SSSR count). The number of rotatable bonds is 6. The molecule has 2 aromatic heterocycles. The normalized spacial score (nSPS) is 12.4. The van der Waals surface area contributed by atoms with Crippen LogP contribution in [0.4, 0.5) is 0 Å². The summed E-state index contributed by atoms with van der Waals surface area (Å²) in [5.41, 5.74) is 3.05. The van der Waals surface area contributed by atoms with Crippen LogP contribution in [-0.4, -0.2) is 36.3 Å². The van der Waals surface area contributed by atoms with Crippen molar-refractivity contribution in [2.45, 2.75) is 13.0 Å². The maximum Gasteiger partial charge on any atom is 0.262 e. The molecule has 0 saturated carbocycles. The van der Waals surface area contributed by atoms with Gasteiger partial charge in [0.05, 0.1) is 30.4 Å². The monoisotopic (exact) mass is 405 g/mol. The third-order valence-corrected chi connectivity index (χ3v) is 6.00. The van der Waals surface area contributed by atoms with Crippen LogP contribution in [0.5, 0.6) is 0 Å². The SMILES string of the molecule is Cc1nn(-c2ccccc2)c2sc(C(=O)N[C@@H](C[NH+](C)C)c3ccccc3)cc12. The van der Waals surface area contributed by atoms with Crippen molar-refractivity contribution in [3.8, 4) is 5.69 Å². The van der Waals surface area contributed by atoms with Gasteiger partial charge in [-0.1, -0.05) is 48.5 Å². The van der Waals surface area contributed by atoms with E-state index in [0.717, 1.165) is 33.7 Å². The van der Waals surface area contributed by atoms with E-state index < -0.39 is 0 Å². The Labute approximate surface area is 174 Å². The van der Waals surface area contributed by atoms with Crippen molar-refractivity contribution in [1.82, 2.24) is 15.1 Å². The molecule has 4 aromatic rings. The van der Waals surface area contributed by atoms with Crippen LogP contribution in [0, 0.1) is 6.92 Å². The first kappa shape index (κ1) is 19.4. The molecular weight excluding hydrogens is 380 g/mol. The molecule has 0 fully saturated rings. The maximum atomic E-state index is 13.1. The summed E-state index contributed by atoms with van der Waals surface area (Å²) in [7, 11) is 4.19. The van der Waals surface area contributed by atoms with Gasteiger partial charge < -0.3 is 10.2 Å². The molecule has 1 atom stereocenters. The van der Waals surface area contributed by atoms with Crippen LogP contribution in [0.25, 0.3) is 15.9 Å². The van der Waals surface area contributed by atoms with E-state index in [1.165, 1.54) is 16.2 Å². The molecule has 2 N–H and O–H groups in total. The number of thiophene rings is 1. The van der Waals surface area contributed by atoms with Gasteiger partial charge in [-0.05, 0) is 30.7 Å². The molecule has 2 aromatic carbocycles. The number of carbonyl (C=O) groups excluding carboxylic acids is 1. The second kappa shape index (κ2) is 8.19. The fourth-order valence-corrected chi connectivity index (χ4v) is 4.56. The Morgan fingerprint density at radius 2 is 1.76 bits per heavy atom. The Bertz CT molecular complexity index is 1120. The largest absolute Gasteiger partial charge is 0.339 e. The third-order valence-electron chi connectivity index (χ3n) is 4.89. The molecule has 6 heteroatoms. The Morgan fingerprint density at radius 3 is 2.41 bits per heavy atom. The summed E-state index contributed by atoms with van der Waals surface area (Å²) in [6, 6.07) is 22.1. The molecule has 0 radical (unpaired) electrons. The summed E-state index contributed by atoms with van der Waals surface area (Å²) in [4.78, 5) is 16.1. The number of carbonyl (C=O) groups is 1. The van der Waals surface area contributed by atoms with Crippen molar-refractivity contribution >= 4 is 27.5 Å². The zero-order valence-corrected chi connectivity index (χ0v) is 17.7. The van der Waals surface area contributed by atoms with E-state index in [2.05, 4.69) is 36.6 Å². The first-order chi connectivity index (χ1) is 14.0. The summed E-state index contributed by atoms with van der Waals surface area (Å²) in [6.07, 6.45) is 0. The predicted molar refractivity (Wildman–Crippen MR) is 118 cm³/mol. The highest BCUT2D eigenvalue weighted by atomic mass is 32.1. The minimum Gasteiger partial charge on any atom is -0.339 e. The van der Waals surface area contributed by atoms with Crippen LogP contribution < -0.4 is 10.2 Å². The number of aromatic nitrogens is 2. The van der Waals surface area contributed by atoms with Gasteiger partial charge in [0.25, 0.3) is 5.91 Å². The minimum atomic E-state index is -0.0414. The number of likely N-dealkylation sites (N-methyl/N-ethyl adjacent to an activating group) is 1. The van der Waals surface area contributed by atoms with Gasteiger partial charge in [0.15, 0.2) is 0 Å². The molecule has 29 heavy (non-hydrogen) atoms. The smallest absolute Gasteiger partial charge is 0.262 e. The average Bonchev–Trinajstić information content (AvgIpc) is 3.29. The lowest BCUT2D eigenvalue weighted by Gasteiger charge is -2.20. The van der Waals surface area contributed by atoms with Gasteiger partial charge in [0.1, 0.15) is 17.4 Å². The third kappa shape index (κ3) is 4.09. The van der Waals surface area contributed by atoms with Crippen LogP contribution in [0.15, 0.2) is 66.7 Å². The summed E-state index contributed by atoms with van der Waals surface area (Å²) in [5.74, 6) is -0.0414. The number of nitrogens with zero attached hydrogens (tertiary/aromatic N) is 2. The second-order valence-corrected chi connectivity index (χ2v) is 8.54. The first-order valence-electron chi connectivity index (χ1n) is 9.72. The first-order valence-corrected chi connectivity index (χ1v) is 10.5. The minimum absolute atomic E-state index is 0.0365. The molecule has 0 aliphatic carbocycles. The maximum absolute atomic E-state index is 13.1. The van der Waals surface area contributed by atoms with E-state index in [0.29, 0.717) is 4.88 Å². The molecule has 0 unspecified atom stereocenters. The highest BCUT2D eigenvalue weighted by Gasteiger charge is 2.22. The van der Waals surface area contributed by atoms with E-state index in [1.807, 2.05) is 66.2 Å². The van der Waals surface area contributed by atoms with Crippen LogP contribution in [0.1, 0.15) is 27.0 Å². The number of amides is 1. The van der Waals surface area contributed by atoms with E-state index in [1.54, 1.807) is 0 Å². The Morgan fingerprint density at radius 1 is 1.10 bits per heavy atom. The Kier molecular flexibility index (Phi) is 5.47. The van der Waals surface area contributed by atoms with E-state index in [-0.39, 0.29) is 11.9 Å². The van der Waals surface area contributed by atoms with Crippen molar-refractivity contribution in [2.75, 3.05) is 20.6 Å². The summed E-state index contributed by atoms with van der Waals surface area (Å²) in [6.45, 7) is 2.80. The highest BCUT2D eigenvalue weighted by molar-refractivity contribution is 7.20. The summed E-state index contributed by atoms with van der Waals surface area (Å²) >= 11 is 1.49. The quantitative estimate of drug-likeness (QED) is 0.518. The van der Waals surface area contributed by atoms with E-state index in [9.17, 15) is 4.79 Å². The van der Waals surface area contributed by atoms with Crippen LogP contribution in [0.3, 0.4) is 0 Å². The molecule has 0 saturated heterocycles. The predicted octanol–water partition coefficient (Wildman–Crippen LogP) is 3.01. The molecule has 0 spiro atoms. The Hall–Kier alpha value is -2.96. The van der Waals surface area contributed by atoms with Gasteiger partial charge >= 0.3 is 0 Å². The van der Waals surface area contributed by atoms with Crippen LogP contribution >= 0.6 is 11.3 Å². The summed E-state index contributed by atoms with van der Waals surface area (Å²) in [5, 5.41) is 8.92. The number of para-hydroxylation sites is 1. The van der Waals surface area contributed by atoms with Gasteiger partial charge in [0, 0.05) is 5.39 Å². The number of fused-ring (bicyclic) bond motifs is 1. The number of nitrogens with one attached hydrogen (secondary N) is 2. The van der Waals surface area contributed by atoms with Crippen molar-refractivity contribution in [3.63, 3.8) is 0 Å². The molecule has 0 bridgehead atoms. The molecule has 2 heterocycles. The van der Waals surface area contributed by atoms with Gasteiger partial charge in [0.2, 0.25) is 0 Å². The topological polar surface area (TPSA) is 51.4 Å². The van der Waals surface area contributed by atoms with Crippen molar-refractivity contribution in [3.05, 3.63) is 82.9 Å². The lowest BCUT2D eigenvalue weighted by Crippen LogP contribution is -3.06. The molecular formula is C23H25N4OS+. The van der Waals surface area contributed by atoms with Gasteiger partial charge in [-0.3, -0.25) is 4.79 Å². The van der Waals surface area contributed by atoms with Crippen molar-refractivity contribution in [1.29, 1.82) is 0 Å². The van der Waals surface area contributed by atoms with Gasteiger partial charge in [-0.2, -0.15) is 5.10 Å². The number of hydrogen-bond donors (Lipinski definition) is 2. The van der Waals surface area contributed by atoms with Crippen molar-refractivity contribution < 1.29 is 9.69 Å². The lowest BCUT2D eigenvalue weighted by atomic mass is 10.1. The fraction of sp³-hybridized carbons (Fsp3) is 0.217. The van der Waals surface area contributed by atoms with Gasteiger partial charge in [-0.25, -0.2) is 4.68 Å². The number of hydrogen-bond acceptors (Lipinski definition) is 3. The molecule has 148 valence electrons. The molecule has 1 amide bonds. The average molecular weight is 406 g/mol. The summed E-state index contributed by atoms with van der Waals surface area (Å²) < 4.78 is 1.92. The zero-order chi connectivity index (χ0) is 20.4. The van der Waals surface area contributed by atoms with E-state index in [4.69, 9.17) is 0 Å². The highest BCUT2D eigenvalue weighted by Crippen LogP contribution is 2.30. The Balaban J connectivity index is 1.64. The van der Waals surface area contributed by atoms with Gasteiger partial charge in [-0.15, -0.1) is 11.3 Å². The number of benzene rings is 2. The van der Waals surface area contributed by atoms with Crippen LogP contribution in [-0.2, 0) is 0 Å². The molecule has 5 nitrogen and oxygen atoms in total. The van der Waals surface area contributed by atoms with E-state index >= 15 is 0 Å². The number of aryl methyl sites for hydroxylation is 1. The molecule has 0 aliphatic rings. The number of quaternary nitrogens is 1. The zero-order valence-electron chi connectivity index (χ0n) is 16.8. The molecule has 0 aliphatic heterocycles.